The molecule has 0 bridgehead atoms. The fourth-order valence-electron chi connectivity index (χ4n) is 2.66. The third-order valence-electron chi connectivity index (χ3n) is 3.91. The number of carbonyl (C=O) groups is 1. The van der Waals surface area contributed by atoms with Crippen molar-refractivity contribution in [1.82, 2.24) is 0 Å². The van der Waals surface area contributed by atoms with Gasteiger partial charge in [0, 0.05) is 34.4 Å². The summed E-state index contributed by atoms with van der Waals surface area (Å²) in [6.07, 6.45) is 1.51. The van der Waals surface area contributed by atoms with Crippen LogP contribution in [0.5, 0.6) is 17.2 Å². The molecule has 8 heteroatoms. The lowest BCUT2D eigenvalue weighted by molar-refractivity contribution is -0.384. The average molecular weight is 360 g/mol. The Morgan fingerprint density at radius 2 is 1.84 bits per heavy atom. The van der Waals surface area contributed by atoms with Gasteiger partial charge in [-0.3, -0.25) is 14.9 Å². The highest BCUT2D eigenvalue weighted by Crippen LogP contribution is 2.41. The molecule has 0 radical (unpaired) electrons. The van der Waals surface area contributed by atoms with Crippen LogP contribution in [0.3, 0.4) is 0 Å². The maximum absolute atomic E-state index is 12.7. The topological polar surface area (TPSA) is 87.9 Å². The molecule has 0 aromatic heterocycles. The Balaban J connectivity index is 1.73. The Labute approximate surface area is 146 Å². The van der Waals surface area contributed by atoms with Gasteiger partial charge in [-0.25, -0.2) is 0 Å². The predicted molar refractivity (Wildman–Crippen MR) is 88.5 cm³/mol. The second-order valence-corrected chi connectivity index (χ2v) is 5.86. The van der Waals surface area contributed by atoms with Gasteiger partial charge in [-0.15, -0.1) is 0 Å². The smallest absolute Gasteiger partial charge is 0.270 e. The molecular weight excluding hydrogens is 350 g/mol. The SMILES string of the molecule is O=C1C(=Cc2cc([N+](=O)[O-])ccc2Cl)COc2cc3c(cc21)OCO3. The average Bonchev–Trinajstić information content (AvgIpc) is 3.05. The van der Waals surface area contributed by atoms with Crippen molar-refractivity contribution in [3.8, 4) is 17.2 Å². The summed E-state index contributed by atoms with van der Waals surface area (Å²) in [6.45, 7) is 0.128. The molecule has 7 nitrogen and oxygen atoms in total. The highest BCUT2D eigenvalue weighted by Gasteiger charge is 2.28. The number of non-ortho nitro benzene ring substituents is 1. The van der Waals surface area contributed by atoms with Gasteiger partial charge in [-0.2, -0.15) is 0 Å². The molecule has 0 amide bonds. The number of carbonyl (C=O) groups excluding carboxylic acids is 1. The van der Waals surface area contributed by atoms with Crippen molar-refractivity contribution < 1.29 is 23.9 Å². The number of fused-ring (bicyclic) bond motifs is 2. The molecule has 126 valence electrons. The van der Waals surface area contributed by atoms with Gasteiger partial charge in [0.2, 0.25) is 6.79 Å². The minimum atomic E-state index is -0.520. The van der Waals surface area contributed by atoms with Crippen LogP contribution in [0.25, 0.3) is 6.08 Å². The number of benzene rings is 2. The molecule has 0 N–H and O–H groups in total. The highest BCUT2D eigenvalue weighted by atomic mass is 35.5. The van der Waals surface area contributed by atoms with Crippen LogP contribution >= 0.6 is 11.6 Å². The van der Waals surface area contributed by atoms with Gasteiger partial charge >= 0.3 is 0 Å². The first kappa shape index (κ1) is 15.5. The third kappa shape index (κ3) is 2.68. The van der Waals surface area contributed by atoms with Crippen LogP contribution in [-0.4, -0.2) is 24.1 Å². The number of rotatable bonds is 2. The van der Waals surface area contributed by atoms with Crippen LogP contribution in [0, 0.1) is 10.1 Å². The lowest BCUT2D eigenvalue weighted by Crippen LogP contribution is -2.19. The first-order valence-electron chi connectivity index (χ1n) is 7.28. The van der Waals surface area contributed by atoms with Crippen LogP contribution in [0.2, 0.25) is 5.02 Å². The summed E-state index contributed by atoms with van der Waals surface area (Å²) in [5.74, 6) is 1.17. The van der Waals surface area contributed by atoms with E-state index in [4.69, 9.17) is 25.8 Å². The van der Waals surface area contributed by atoms with Crippen LogP contribution in [0.4, 0.5) is 5.69 Å². The van der Waals surface area contributed by atoms with Crippen molar-refractivity contribution in [2.75, 3.05) is 13.4 Å². The van der Waals surface area contributed by atoms with Gasteiger partial charge in [0.15, 0.2) is 17.3 Å². The largest absolute Gasteiger partial charge is 0.488 e. The van der Waals surface area contributed by atoms with Gasteiger partial charge < -0.3 is 14.2 Å². The molecule has 2 aromatic carbocycles. The zero-order valence-corrected chi connectivity index (χ0v) is 13.4. The van der Waals surface area contributed by atoms with Crippen LogP contribution < -0.4 is 14.2 Å². The number of nitro benzene ring substituents is 1. The second-order valence-electron chi connectivity index (χ2n) is 5.45. The number of ketones is 1. The maximum atomic E-state index is 12.7. The Morgan fingerprint density at radius 3 is 2.60 bits per heavy atom. The molecule has 4 rings (SSSR count). The molecule has 2 aromatic rings. The quantitative estimate of drug-likeness (QED) is 0.462. The van der Waals surface area contributed by atoms with E-state index in [1.54, 1.807) is 12.1 Å². The molecular formula is C17H10ClNO6. The zero-order chi connectivity index (χ0) is 17.6. The van der Waals surface area contributed by atoms with Gasteiger partial charge in [-0.05, 0) is 18.2 Å². The van der Waals surface area contributed by atoms with E-state index in [0.717, 1.165) is 0 Å². The van der Waals surface area contributed by atoms with Crippen LogP contribution in [-0.2, 0) is 0 Å². The summed E-state index contributed by atoms with van der Waals surface area (Å²) < 4.78 is 16.2. The summed E-state index contributed by atoms with van der Waals surface area (Å²) in [4.78, 5) is 23.1. The molecule has 0 saturated carbocycles. The van der Waals surface area contributed by atoms with E-state index in [2.05, 4.69) is 0 Å². The van der Waals surface area contributed by atoms with Crippen LogP contribution in [0.1, 0.15) is 15.9 Å². The minimum Gasteiger partial charge on any atom is -0.488 e. The number of nitro groups is 1. The standard InChI is InChI=1S/C17H10ClNO6/c18-13-2-1-11(19(21)22)4-9(13)3-10-7-23-14-6-16-15(24-8-25-16)5-12(14)17(10)20/h1-6H,7-8H2. The lowest BCUT2D eigenvalue weighted by atomic mass is 9.98. The fourth-order valence-corrected chi connectivity index (χ4v) is 2.84. The highest BCUT2D eigenvalue weighted by molar-refractivity contribution is 6.32. The van der Waals surface area contributed by atoms with Crippen molar-refractivity contribution in [3.05, 3.63) is 62.2 Å². The van der Waals surface area contributed by atoms with Gasteiger partial charge in [0.05, 0.1) is 10.5 Å². The first-order chi connectivity index (χ1) is 12.0. The van der Waals surface area contributed by atoms with E-state index in [9.17, 15) is 14.9 Å². The Hall–Kier alpha value is -3.06. The second kappa shape index (κ2) is 5.78. The summed E-state index contributed by atoms with van der Waals surface area (Å²) in [5, 5.41) is 11.2. The molecule has 0 spiro atoms. The summed E-state index contributed by atoms with van der Waals surface area (Å²) in [5.41, 5.74) is 0.966. The maximum Gasteiger partial charge on any atom is 0.270 e. The molecule has 0 saturated heterocycles. The number of Topliss-reactive ketones (excluding diaryl/α,β-unsaturated/α-hetero) is 1. The van der Waals surface area contributed by atoms with E-state index in [1.807, 2.05) is 0 Å². The van der Waals surface area contributed by atoms with Crippen molar-refractivity contribution in [1.29, 1.82) is 0 Å². The van der Waals surface area contributed by atoms with Crippen molar-refractivity contribution in [2.24, 2.45) is 0 Å². The molecule has 25 heavy (non-hydrogen) atoms. The minimum absolute atomic E-state index is 0.0322. The first-order valence-corrected chi connectivity index (χ1v) is 7.66. The zero-order valence-electron chi connectivity index (χ0n) is 12.7. The summed E-state index contributed by atoms with van der Waals surface area (Å²) in [6, 6.07) is 7.23. The van der Waals surface area contributed by atoms with Crippen molar-refractivity contribution in [3.63, 3.8) is 0 Å². The predicted octanol–water partition coefficient (Wildman–Crippen LogP) is 3.64. The Morgan fingerprint density at radius 1 is 1.08 bits per heavy atom. The van der Waals surface area contributed by atoms with Crippen LogP contribution in [0.15, 0.2) is 35.9 Å². The van der Waals surface area contributed by atoms with E-state index < -0.39 is 4.92 Å². The van der Waals surface area contributed by atoms with Crippen molar-refractivity contribution in [2.45, 2.75) is 0 Å². The molecule has 2 heterocycles. The number of halogens is 1. The molecule has 2 aliphatic heterocycles. The molecule has 2 aliphatic rings. The Kier molecular flexibility index (Phi) is 3.58. The van der Waals surface area contributed by atoms with E-state index in [1.165, 1.54) is 24.3 Å². The monoisotopic (exact) mass is 359 g/mol. The van der Waals surface area contributed by atoms with E-state index in [-0.39, 0.29) is 24.9 Å². The number of hydrogen-bond acceptors (Lipinski definition) is 6. The molecule has 0 atom stereocenters. The Bertz CT molecular complexity index is 952. The normalized spacial score (nSPS) is 16.5. The van der Waals surface area contributed by atoms with Gasteiger partial charge in [0.1, 0.15) is 12.4 Å². The van der Waals surface area contributed by atoms with E-state index in [0.29, 0.717) is 39.0 Å². The number of nitrogens with zero attached hydrogens (tertiary/aromatic N) is 1. The third-order valence-corrected chi connectivity index (χ3v) is 4.26. The van der Waals surface area contributed by atoms with E-state index >= 15 is 0 Å². The molecule has 0 aliphatic carbocycles. The lowest BCUT2D eigenvalue weighted by Gasteiger charge is -2.19. The number of hydrogen-bond donors (Lipinski definition) is 0. The molecule has 0 fully saturated rings. The van der Waals surface area contributed by atoms with Gasteiger partial charge in [0.25, 0.3) is 5.69 Å². The summed E-state index contributed by atoms with van der Waals surface area (Å²) in [7, 11) is 0. The fraction of sp³-hybridized carbons (Fsp3) is 0.118. The summed E-state index contributed by atoms with van der Waals surface area (Å²) >= 11 is 6.09. The number of ether oxygens (including phenoxy) is 3. The van der Waals surface area contributed by atoms with Gasteiger partial charge in [-0.1, -0.05) is 11.6 Å². The molecule has 0 unspecified atom stereocenters. The van der Waals surface area contributed by atoms with Crippen molar-refractivity contribution >= 4 is 29.1 Å².